The van der Waals surface area contributed by atoms with Gasteiger partial charge in [0.2, 0.25) is 5.91 Å². The average Bonchev–Trinajstić information content (AvgIpc) is 2.47. The Kier molecular flexibility index (Phi) is 5.05. The number of benzene rings is 1. The number of nitrogens with one attached hydrogen (secondary N) is 1. The number of hydrogen-bond acceptors (Lipinski definition) is 3. The van der Waals surface area contributed by atoms with E-state index in [9.17, 15) is 14.0 Å². The summed E-state index contributed by atoms with van der Waals surface area (Å²) in [7, 11) is 1.60. The van der Waals surface area contributed by atoms with Gasteiger partial charge in [-0.3, -0.25) is 9.59 Å². The standard InChI is InChI=1S/C15H17FN2O3/c1-21-8-2-6-17-15(20)10-18-7-5-14(19)12-9-11(16)3-4-13(12)18/h3-5,7,9H,2,6,8,10H2,1H3,(H,17,20). The van der Waals surface area contributed by atoms with Crippen molar-refractivity contribution in [1.82, 2.24) is 9.88 Å². The molecule has 0 fully saturated rings. The van der Waals surface area contributed by atoms with Crippen LogP contribution in [0.1, 0.15) is 6.42 Å². The lowest BCUT2D eigenvalue weighted by Crippen LogP contribution is -2.29. The fourth-order valence-electron chi connectivity index (χ4n) is 2.08. The molecule has 0 spiro atoms. The largest absolute Gasteiger partial charge is 0.385 e. The predicted octanol–water partition coefficient (Wildman–Crippen LogP) is 1.29. The molecule has 2 rings (SSSR count). The fraction of sp³-hybridized carbons (Fsp3) is 0.333. The number of aromatic nitrogens is 1. The van der Waals surface area contributed by atoms with E-state index in [1.165, 1.54) is 30.5 Å². The zero-order valence-corrected chi connectivity index (χ0v) is 11.8. The maximum absolute atomic E-state index is 13.2. The normalized spacial score (nSPS) is 10.8. The molecule has 1 N–H and O–H groups in total. The summed E-state index contributed by atoms with van der Waals surface area (Å²) >= 11 is 0. The molecule has 5 nitrogen and oxygen atoms in total. The molecule has 0 aliphatic carbocycles. The van der Waals surface area contributed by atoms with Gasteiger partial charge in [0.15, 0.2) is 5.43 Å². The van der Waals surface area contributed by atoms with Crippen molar-refractivity contribution in [2.45, 2.75) is 13.0 Å². The molecule has 1 heterocycles. The van der Waals surface area contributed by atoms with Gasteiger partial charge >= 0.3 is 0 Å². The molecule has 6 heteroatoms. The molecule has 1 aromatic heterocycles. The van der Waals surface area contributed by atoms with E-state index < -0.39 is 5.82 Å². The third kappa shape index (κ3) is 3.88. The Bertz CT molecular complexity index is 697. The van der Waals surface area contributed by atoms with Gasteiger partial charge < -0.3 is 14.6 Å². The quantitative estimate of drug-likeness (QED) is 0.816. The van der Waals surface area contributed by atoms with Gasteiger partial charge in [-0.2, -0.15) is 0 Å². The molecule has 0 aliphatic heterocycles. The molecular weight excluding hydrogens is 275 g/mol. The van der Waals surface area contributed by atoms with E-state index in [1.807, 2.05) is 0 Å². The van der Waals surface area contributed by atoms with Gasteiger partial charge in [-0.25, -0.2) is 4.39 Å². The molecule has 0 saturated heterocycles. The van der Waals surface area contributed by atoms with E-state index in [0.717, 1.165) is 6.42 Å². The van der Waals surface area contributed by atoms with Gasteiger partial charge in [0, 0.05) is 37.9 Å². The molecule has 0 radical (unpaired) electrons. The summed E-state index contributed by atoms with van der Waals surface area (Å²) in [4.78, 5) is 23.6. The molecule has 0 atom stereocenters. The number of methoxy groups -OCH3 is 1. The van der Waals surface area contributed by atoms with Crippen molar-refractivity contribution in [3.05, 3.63) is 46.5 Å². The smallest absolute Gasteiger partial charge is 0.239 e. The van der Waals surface area contributed by atoms with Crippen LogP contribution in [-0.4, -0.2) is 30.7 Å². The molecule has 0 aliphatic rings. The highest BCUT2D eigenvalue weighted by Gasteiger charge is 2.07. The van der Waals surface area contributed by atoms with Crippen LogP contribution in [0.25, 0.3) is 10.9 Å². The predicted molar refractivity (Wildman–Crippen MR) is 77.7 cm³/mol. The van der Waals surface area contributed by atoms with Gasteiger partial charge in [-0.05, 0) is 24.6 Å². The van der Waals surface area contributed by atoms with Crippen LogP contribution in [0.2, 0.25) is 0 Å². The number of nitrogens with zero attached hydrogens (tertiary/aromatic N) is 1. The van der Waals surface area contributed by atoms with E-state index >= 15 is 0 Å². The monoisotopic (exact) mass is 292 g/mol. The fourth-order valence-corrected chi connectivity index (χ4v) is 2.08. The highest BCUT2D eigenvalue weighted by molar-refractivity contribution is 5.82. The van der Waals surface area contributed by atoms with E-state index in [-0.39, 0.29) is 23.3 Å². The Labute approximate surface area is 121 Å². The zero-order valence-electron chi connectivity index (χ0n) is 11.8. The highest BCUT2D eigenvalue weighted by atomic mass is 19.1. The van der Waals surface area contributed by atoms with Crippen molar-refractivity contribution in [2.75, 3.05) is 20.3 Å². The number of pyridine rings is 1. The van der Waals surface area contributed by atoms with Crippen LogP contribution in [0.15, 0.2) is 35.3 Å². The van der Waals surface area contributed by atoms with Gasteiger partial charge in [-0.1, -0.05) is 0 Å². The van der Waals surface area contributed by atoms with Crippen molar-refractivity contribution in [3.63, 3.8) is 0 Å². The number of amides is 1. The van der Waals surface area contributed by atoms with Crippen LogP contribution in [0.4, 0.5) is 4.39 Å². The summed E-state index contributed by atoms with van der Waals surface area (Å²) < 4.78 is 19.7. The molecule has 0 saturated carbocycles. The lowest BCUT2D eigenvalue weighted by atomic mass is 10.2. The Hall–Kier alpha value is -2.21. The number of carbonyl (C=O) groups excluding carboxylic acids is 1. The number of hydrogen-bond donors (Lipinski definition) is 1. The molecule has 1 aromatic carbocycles. The summed E-state index contributed by atoms with van der Waals surface area (Å²) in [5.74, 6) is -0.637. The molecule has 0 bridgehead atoms. The van der Waals surface area contributed by atoms with Crippen LogP contribution in [0, 0.1) is 5.82 Å². The molecular formula is C15H17FN2O3. The summed E-state index contributed by atoms with van der Waals surface area (Å²) in [6.07, 6.45) is 2.27. The van der Waals surface area contributed by atoms with Crippen LogP contribution in [0.5, 0.6) is 0 Å². The molecule has 0 unspecified atom stereocenters. The first-order valence-electron chi connectivity index (χ1n) is 6.66. The Morgan fingerprint density at radius 2 is 2.19 bits per heavy atom. The molecule has 1 amide bonds. The number of halogens is 1. The first-order valence-corrected chi connectivity index (χ1v) is 6.66. The lowest BCUT2D eigenvalue weighted by molar-refractivity contribution is -0.121. The van der Waals surface area contributed by atoms with Crippen LogP contribution < -0.4 is 10.7 Å². The number of carbonyl (C=O) groups is 1. The van der Waals surface area contributed by atoms with Crippen molar-refractivity contribution in [2.24, 2.45) is 0 Å². The minimum Gasteiger partial charge on any atom is -0.385 e. The second-order valence-corrected chi connectivity index (χ2v) is 4.67. The minimum atomic E-state index is -0.471. The summed E-state index contributed by atoms with van der Waals surface area (Å²) in [5, 5.41) is 3.03. The minimum absolute atomic E-state index is 0.0788. The van der Waals surface area contributed by atoms with Crippen LogP contribution >= 0.6 is 0 Å². The van der Waals surface area contributed by atoms with Gasteiger partial charge in [-0.15, -0.1) is 0 Å². The maximum atomic E-state index is 13.2. The number of fused-ring (bicyclic) bond motifs is 1. The van der Waals surface area contributed by atoms with E-state index in [2.05, 4.69) is 5.32 Å². The van der Waals surface area contributed by atoms with Crippen molar-refractivity contribution < 1.29 is 13.9 Å². The van der Waals surface area contributed by atoms with Gasteiger partial charge in [0.25, 0.3) is 0 Å². The Balaban J connectivity index is 2.14. The van der Waals surface area contributed by atoms with Gasteiger partial charge in [0.1, 0.15) is 12.4 Å². The van der Waals surface area contributed by atoms with E-state index in [1.54, 1.807) is 11.7 Å². The summed E-state index contributed by atoms with van der Waals surface area (Å²) in [5.41, 5.74) is 0.275. The maximum Gasteiger partial charge on any atom is 0.239 e. The van der Waals surface area contributed by atoms with E-state index in [4.69, 9.17) is 4.74 Å². The lowest BCUT2D eigenvalue weighted by Gasteiger charge is -2.11. The second kappa shape index (κ2) is 6.99. The van der Waals surface area contributed by atoms with Crippen molar-refractivity contribution >= 4 is 16.8 Å². The van der Waals surface area contributed by atoms with Gasteiger partial charge in [0.05, 0.1) is 5.52 Å². The third-order valence-electron chi connectivity index (χ3n) is 3.10. The van der Waals surface area contributed by atoms with Crippen LogP contribution in [-0.2, 0) is 16.1 Å². The Morgan fingerprint density at radius 1 is 1.38 bits per heavy atom. The van der Waals surface area contributed by atoms with Crippen LogP contribution in [0.3, 0.4) is 0 Å². The second-order valence-electron chi connectivity index (χ2n) is 4.67. The molecule has 2 aromatic rings. The molecule has 112 valence electrons. The average molecular weight is 292 g/mol. The zero-order chi connectivity index (χ0) is 15.2. The SMILES string of the molecule is COCCCNC(=O)Cn1ccc(=O)c2cc(F)ccc21. The topological polar surface area (TPSA) is 60.3 Å². The Morgan fingerprint density at radius 3 is 2.95 bits per heavy atom. The highest BCUT2D eigenvalue weighted by Crippen LogP contribution is 2.11. The molecule has 21 heavy (non-hydrogen) atoms. The van der Waals surface area contributed by atoms with E-state index in [0.29, 0.717) is 18.7 Å². The third-order valence-corrected chi connectivity index (χ3v) is 3.10. The number of ether oxygens (including phenoxy) is 1. The van der Waals surface area contributed by atoms with Crippen molar-refractivity contribution in [1.29, 1.82) is 0 Å². The first-order chi connectivity index (χ1) is 10.1. The summed E-state index contributed by atoms with van der Waals surface area (Å²) in [6, 6.07) is 5.30. The number of rotatable bonds is 6. The first kappa shape index (κ1) is 15.2. The van der Waals surface area contributed by atoms with Crippen molar-refractivity contribution in [3.8, 4) is 0 Å². The summed E-state index contributed by atoms with van der Waals surface area (Å²) in [6.45, 7) is 1.19.